The van der Waals surface area contributed by atoms with Crippen LogP contribution in [-0.4, -0.2) is 19.2 Å². The summed E-state index contributed by atoms with van der Waals surface area (Å²) in [5.41, 5.74) is 1.86. The second-order valence-electron chi connectivity index (χ2n) is 6.67. The number of urea groups is 1. The lowest BCUT2D eigenvalue weighted by Gasteiger charge is -2.24. The molecule has 2 aliphatic rings. The maximum Gasteiger partial charge on any atom is 0.315 e. The molecular weight excluding hydrogens is 316 g/mol. The summed E-state index contributed by atoms with van der Waals surface area (Å²) in [7, 11) is 0. The van der Waals surface area contributed by atoms with E-state index in [0.29, 0.717) is 13.2 Å². The molecule has 2 N–H and O–H groups in total. The van der Waals surface area contributed by atoms with Crippen LogP contribution in [0.25, 0.3) is 0 Å². The van der Waals surface area contributed by atoms with Crippen molar-refractivity contribution < 1.29 is 14.3 Å². The standard InChI is InChI=1S/C20H22N2O3/c1-14(15-5-3-2-4-6-15)21-19(23)22-20(9-10-20)16-7-8-17-18(13-16)25-12-11-24-17/h2-8,13-14H,9-12H2,1H3,(H2,21,22,23). The van der Waals surface area contributed by atoms with Crippen LogP contribution in [0.2, 0.25) is 0 Å². The Labute approximate surface area is 147 Å². The van der Waals surface area contributed by atoms with Crippen molar-refractivity contribution in [3.8, 4) is 11.5 Å². The summed E-state index contributed by atoms with van der Waals surface area (Å²) in [6.07, 6.45) is 1.86. The minimum atomic E-state index is -0.295. The van der Waals surface area contributed by atoms with E-state index in [1.54, 1.807) is 0 Å². The molecule has 1 heterocycles. The van der Waals surface area contributed by atoms with Crippen molar-refractivity contribution in [2.75, 3.05) is 13.2 Å². The molecule has 0 saturated heterocycles. The number of hydrogen-bond acceptors (Lipinski definition) is 3. The molecule has 5 heteroatoms. The SMILES string of the molecule is CC(NC(=O)NC1(c2ccc3c(c2)OCCO3)CC1)c1ccccc1. The molecular formula is C20H22N2O3. The summed E-state index contributed by atoms with van der Waals surface area (Å²) in [5.74, 6) is 1.53. The number of amides is 2. The Morgan fingerprint density at radius 2 is 1.76 bits per heavy atom. The highest BCUT2D eigenvalue weighted by Gasteiger charge is 2.46. The molecule has 25 heavy (non-hydrogen) atoms. The van der Waals surface area contributed by atoms with E-state index < -0.39 is 0 Å². The van der Waals surface area contributed by atoms with E-state index in [4.69, 9.17) is 9.47 Å². The fourth-order valence-electron chi connectivity index (χ4n) is 3.23. The molecule has 2 amide bonds. The van der Waals surface area contributed by atoms with Crippen LogP contribution in [0.3, 0.4) is 0 Å². The predicted molar refractivity (Wildman–Crippen MR) is 94.9 cm³/mol. The zero-order valence-electron chi connectivity index (χ0n) is 14.2. The Morgan fingerprint density at radius 3 is 2.48 bits per heavy atom. The first kappa shape index (κ1) is 15.8. The van der Waals surface area contributed by atoms with E-state index in [1.807, 2.05) is 55.5 Å². The molecule has 1 saturated carbocycles. The van der Waals surface area contributed by atoms with Crippen molar-refractivity contribution in [3.05, 3.63) is 59.7 Å². The molecule has 0 aromatic heterocycles. The van der Waals surface area contributed by atoms with E-state index in [0.717, 1.165) is 35.5 Å². The van der Waals surface area contributed by atoms with Crippen LogP contribution in [0.4, 0.5) is 4.79 Å². The number of benzene rings is 2. The van der Waals surface area contributed by atoms with Gasteiger partial charge in [0.2, 0.25) is 0 Å². The largest absolute Gasteiger partial charge is 0.486 e. The molecule has 1 aliphatic carbocycles. The predicted octanol–water partition coefficient (Wildman–Crippen LogP) is 3.51. The molecule has 2 aromatic rings. The number of carbonyl (C=O) groups excluding carboxylic acids is 1. The van der Waals surface area contributed by atoms with Gasteiger partial charge in [0.05, 0.1) is 11.6 Å². The summed E-state index contributed by atoms with van der Waals surface area (Å²) >= 11 is 0. The van der Waals surface area contributed by atoms with Gasteiger partial charge in [-0.2, -0.15) is 0 Å². The Morgan fingerprint density at radius 1 is 1.04 bits per heavy atom. The van der Waals surface area contributed by atoms with Gasteiger partial charge in [-0.15, -0.1) is 0 Å². The number of carbonyl (C=O) groups is 1. The summed E-state index contributed by atoms with van der Waals surface area (Å²) in [6.45, 7) is 3.13. The van der Waals surface area contributed by atoms with Gasteiger partial charge in [0, 0.05) is 0 Å². The normalized spacial score (nSPS) is 18.1. The van der Waals surface area contributed by atoms with E-state index in [1.165, 1.54) is 0 Å². The number of hydrogen-bond donors (Lipinski definition) is 2. The maximum absolute atomic E-state index is 12.5. The lowest BCUT2D eigenvalue weighted by molar-refractivity contribution is 0.171. The van der Waals surface area contributed by atoms with Crippen molar-refractivity contribution in [3.63, 3.8) is 0 Å². The average Bonchev–Trinajstić information content (AvgIpc) is 3.42. The van der Waals surface area contributed by atoms with Gasteiger partial charge < -0.3 is 20.1 Å². The summed E-state index contributed by atoms with van der Waals surface area (Å²) in [5, 5.41) is 6.16. The van der Waals surface area contributed by atoms with Crippen molar-refractivity contribution in [2.45, 2.75) is 31.3 Å². The molecule has 4 rings (SSSR count). The number of rotatable bonds is 4. The third kappa shape index (κ3) is 3.27. The van der Waals surface area contributed by atoms with Gasteiger partial charge in [-0.3, -0.25) is 0 Å². The third-order valence-electron chi connectivity index (χ3n) is 4.84. The highest BCUT2D eigenvalue weighted by atomic mass is 16.6. The molecule has 1 unspecified atom stereocenters. The minimum Gasteiger partial charge on any atom is -0.486 e. The lowest BCUT2D eigenvalue weighted by Crippen LogP contribution is -2.43. The molecule has 0 radical (unpaired) electrons. The van der Waals surface area contributed by atoms with Gasteiger partial charge in [-0.25, -0.2) is 4.79 Å². The first-order chi connectivity index (χ1) is 12.2. The fraction of sp³-hybridized carbons (Fsp3) is 0.350. The topological polar surface area (TPSA) is 59.6 Å². The Hall–Kier alpha value is -2.69. The minimum absolute atomic E-state index is 0.0442. The van der Waals surface area contributed by atoms with E-state index >= 15 is 0 Å². The van der Waals surface area contributed by atoms with Crippen LogP contribution in [0.15, 0.2) is 48.5 Å². The first-order valence-corrected chi connectivity index (χ1v) is 8.70. The molecule has 1 atom stereocenters. The maximum atomic E-state index is 12.5. The fourth-order valence-corrected chi connectivity index (χ4v) is 3.23. The summed E-state index contributed by atoms with van der Waals surface area (Å²) < 4.78 is 11.2. The number of ether oxygens (including phenoxy) is 2. The van der Waals surface area contributed by atoms with Gasteiger partial charge in [-0.1, -0.05) is 36.4 Å². The average molecular weight is 338 g/mol. The lowest BCUT2D eigenvalue weighted by atomic mass is 10.0. The van der Waals surface area contributed by atoms with Crippen molar-refractivity contribution in [1.82, 2.24) is 10.6 Å². The van der Waals surface area contributed by atoms with Gasteiger partial charge >= 0.3 is 6.03 Å². The first-order valence-electron chi connectivity index (χ1n) is 8.70. The Balaban J connectivity index is 1.44. The number of fused-ring (bicyclic) bond motifs is 1. The van der Waals surface area contributed by atoms with Crippen LogP contribution >= 0.6 is 0 Å². The smallest absolute Gasteiger partial charge is 0.315 e. The van der Waals surface area contributed by atoms with E-state index in [9.17, 15) is 4.79 Å². The second kappa shape index (κ2) is 6.31. The zero-order valence-corrected chi connectivity index (χ0v) is 14.2. The van der Waals surface area contributed by atoms with Gasteiger partial charge in [-0.05, 0) is 43.0 Å². The van der Waals surface area contributed by atoms with Gasteiger partial charge in [0.1, 0.15) is 13.2 Å². The Bertz CT molecular complexity index is 772. The van der Waals surface area contributed by atoms with Crippen LogP contribution in [-0.2, 0) is 5.54 Å². The summed E-state index contributed by atoms with van der Waals surface area (Å²) in [6, 6.07) is 15.7. The molecule has 130 valence electrons. The van der Waals surface area contributed by atoms with Crippen molar-refractivity contribution in [2.24, 2.45) is 0 Å². The Kier molecular flexibility index (Phi) is 3.99. The molecule has 1 fully saturated rings. The van der Waals surface area contributed by atoms with Gasteiger partial charge in [0.15, 0.2) is 11.5 Å². The summed E-state index contributed by atoms with van der Waals surface area (Å²) in [4.78, 5) is 12.5. The molecule has 5 nitrogen and oxygen atoms in total. The van der Waals surface area contributed by atoms with E-state index in [-0.39, 0.29) is 17.6 Å². The van der Waals surface area contributed by atoms with Crippen LogP contribution in [0.5, 0.6) is 11.5 Å². The highest BCUT2D eigenvalue weighted by molar-refractivity contribution is 5.76. The van der Waals surface area contributed by atoms with Crippen LogP contribution < -0.4 is 20.1 Å². The van der Waals surface area contributed by atoms with Gasteiger partial charge in [0.25, 0.3) is 0 Å². The monoisotopic (exact) mass is 338 g/mol. The highest BCUT2D eigenvalue weighted by Crippen LogP contribution is 2.47. The van der Waals surface area contributed by atoms with Crippen molar-refractivity contribution >= 4 is 6.03 Å². The quantitative estimate of drug-likeness (QED) is 0.897. The van der Waals surface area contributed by atoms with E-state index in [2.05, 4.69) is 10.6 Å². The van der Waals surface area contributed by atoms with Crippen LogP contribution in [0, 0.1) is 0 Å². The molecule has 2 aromatic carbocycles. The third-order valence-corrected chi connectivity index (χ3v) is 4.84. The molecule has 1 aliphatic heterocycles. The zero-order chi connectivity index (χ0) is 17.3. The number of nitrogens with one attached hydrogen (secondary N) is 2. The second-order valence-corrected chi connectivity index (χ2v) is 6.67. The molecule has 0 bridgehead atoms. The van der Waals surface area contributed by atoms with Crippen LogP contribution in [0.1, 0.15) is 36.9 Å². The molecule has 0 spiro atoms. The van der Waals surface area contributed by atoms with Crippen molar-refractivity contribution in [1.29, 1.82) is 0 Å².